The number of fused-ring (bicyclic) bond motifs is 1. The monoisotopic (exact) mass is 464 g/mol. The van der Waals surface area contributed by atoms with Crippen molar-refractivity contribution in [1.29, 1.82) is 10.5 Å². The van der Waals surface area contributed by atoms with Gasteiger partial charge < -0.3 is 21.5 Å². The molecule has 0 radical (unpaired) electrons. The van der Waals surface area contributed by atoms with Gasteiger partial charge in [0.15, 0.2) is 23.6 Å². The molecule has 0 saturated carbocycles. The van der Waals surface area contributed by atoms with Gasteiger partial charge in [-0.1, -0.05) is 24.3 Å². The molecule has 12 heteroatoms. The van der Waals surface area contributed by atoms with Crippen LogP contribution in [0.4, 0.5) is 30.5 Å². The second-order valence-corrected chi connectivity index (χ2v) is 7.13. The number of nitrogens with one attached hydrogen (secondary N) is 2. The summed E-state index contributed by atoms with van der Waals surface area (Å²) in [7, 11) is 0. The molecule has 2 aromatic carbocycles. The molecule has 0 fully saturated rings. The fourth-order valence-corrected chi connectivity index (χ4v) is 3.40. The van der Waals surface area contributed by atoms with Gasteiger partial charge in [-0.3, -0.25) is 5.32 Å². The molecule has 6 N–H and O–H groups in total. The number of rotatable bonds is 4. The van der Waals surface area contributed by atoms with Gasteiger partial charge in [-0.15, -0.1) is 0 Å². The third kappa shape index (κ3) is 4.08. The average Bonchev–Trinajstić information content (AvgIpc) is 2.81. The number of nitrogen functional groups attached to an aromatic ring is 2. The highest BCUT2D eigenvalue weighted by Crippen LogP contribution is 2.40. The van der Waals surface area contributed by atoms with E-state index in [0.29, 0.717) is 16.7 Å². The largest absolute Gasteiger partial charge is 0.489 e. The predicted molar refractivity (Wildman–Crippen MR) is 117 cm³/mol. The molecule has 0 aliphatic carbocycles. The van der Waals surface area contributed by atoms with Gasteiger partial charge in [0, 0.05) is 17.7 Å². The Bertz CT molecular complexity index is 1370. The van der Waals surface area contributed by atoms with Gasteiger partial charge in [0.05, 0.1) is 5.69 Å². The summed E-state index contributed by atoms with van der Waals surface area (Å²) >= 11 is 0. The maximum Gasteiger partial charge on any atom is 0.211 e. The normalized spacial score (nSPS) is 14.1. The number of guanidine groups is 1. The Morgan fingerprint density at radius 1 is 1.09 bits per heavy atom. The van der Waals surface area contributed by atoms with Crippen LogP contribution < -0.4 is 26.8 Å². The molecule has 0 saturated heterocycles. The molecule has 1 aliphatic heterocycles. The Hall–Kier alpha value is -4.97. The van der Waals surface area contributed by atoms with Crippen LogP contribution in [0, 0.1) is 40.2 Å². The maximum absolute atomic E-state index is 13.4. The van der Waals surface area contributed by atoms with Crippen molar-refractivity contribution in [3.63, 3.8) is 0 Å². The van der Waals surface area contributed by atoms with Gasteiger partial charge in [0.1, 0.15) is 41.7 Å². The highest BCUT2D eigenvalue weighted by atomic mass is 19.2. The van der Waals surface area contributed by atoms with E-state index in [4.69, 9.17) is 21.5 Å². The average molecular weight is 464 g/mol. The number of nitrogens with two attached hydrogens (primary N) is 2. The van der Waals surface area contributed by atoms with E-state index in [0.717, 1.165) is 12.1 Å². The number of aromatic nitrogens is 1. The van der Waals surface area contributed by atoms with Crippen molar-refractivity contribution in [2.24, 2.45) is 4.99 Å². The van der Waals surface area contributed by atoms with E-state index in [1.807, 2.05) is 6.07 Å². The Morgan fingerprint density at radius 2 is 1.76 bits per heavy atom. The summed E-state index contributed by atoms with van der Waals surface area (Å²) in [5.74, 6) is -4.13. The molecule has 4 rings (SSSR count). The molecule has 1 aliphatic rings. The molecule has 170 valence electrons. The lowest BCUT2D eigenvalue weighted by Gasteiger charge is -2.26. The summed E-state index contributed by atoms with van der Waals surface area (Å²) in [5.41, 5.74) is 13.8. The number of nitriles is 2. The minimum atomic E-state index is -1.57. The van der Waals surface area contributed by atoms with Crippen molar-refractivity contribution < 1.29 is 17.9 Å². The summed E-state index contributed by atoms with van der Waals surface area (Å²) in [6, 6.07) is 9.51. The molecule has 1 aromatic heterocycles. The third-order valence-electron chi connectivity index (χ3n) is 5.02. The third-order valence-corrected chi connectivity index (χ3v) is 5.02. The topological polar surface area (TPSA) is 158 Å². The minimum Gasteiger partial charge on any atom is -0.489 e. The highest BCUT2D eigenvalue weighted by molar-refractivity contribution is 5.98. The second-order valence-electron chi connectivity index (χ2n) is 7.13. The van der Waals surface area contributed by atoms with Crippen molar-refractivity contribution >= 4 is 23.3 Å². The summed E-state index contributed by atoms with van der Waals surface area (Å²) in [4.78, 5) is 8.63. The number of pyridine rings is 1. The molecule has 3 aromatic rings. The van der Waals surface area contributed by atoms with E-state index in [2.05, 4.69) is 20.6 Å². The number of hydrogen-bond donors (Lipinski definition) is 4. The predicted octanol–water partition coefficient (Wildman–Crippen LogP) is 3.06. The van der Waals surface area contributed by atoms with Crippen LogP contribution in [0.5, 0.6) is 5.75 Å². The smallest absolute Gasteiger partial charge is 0.211 e. The van der Waals surface area contributed by atoms with Crippen molar-refractivity contribution in [3.8, 4) is 18.0 Å². The highest BCUT2D eigenvalue weighted by Gasteiger charge is 2.29. The molecule has 34 heavy (non-hydrogen) atoms. The molecule has 1 atom stereocenters. The van der Waals surface area contributed by atoms with Gasteiger partial charge in [0.25, 0.3) is 0 Å². The van der Waals surface area contributed by atoms with E-state index in [1.54, 1.807) is 30.5 Å². The summed E-state index contributed by atoms with van der Waals surface area (Å²) in [6.07, 6.45) is 1.77. The Labute approximate surface area is 191 Å². The number of anilines is 3. The number of ether oxygens (including phenoxy) is 1. The van der Waals surface area contributed by atoms with Crippen molar-refractivity contribution in [2.75, 3.05) is 16.8 Å². The van der Waals surface area contributed by atoms with Crippen molar-refractivity contribution in [2.45, 2.75) is 12.6 Å². The van der Waals surface area contributed by atoms with Crippen LogP contribution in [0.2, 0.25) is 0 Å². The minimum absolute atomic E-state index is 0.0150. The van der Waals surface area contributed by atoms with Gasteiger partial charge in [-0.05, 0) is 11.1 Å². The quantitative estimate of drug-likeness (QED) is 0.261. The lowest BCUT2D eigenvalue weighted by atomic mass is 9.94. The molecule has 0 bridgehead atoms. The molecule has 1 unspecified atom stereocenters. The van der Waals surface area contributed by atoms with Crippen LogP contribution in [0.25, 0.3) is 0 Å². The number of halogens is 3. The van der Waals surface area contributed by atoms with Crippen LogP contribution in [-0.2, 0) is 6.61 Å². The lowest BCUT2D eigenvalue weighted by Crippen LogP contribution is -2.32. The standard InChI is InChI=1S/C22H15F3N8O/c23-14-5-12(6-15(24)17(14)25)34-8-10-1-3-11(4-2-10)19-16-18(28)13(7-26)20(29)32-21(16)33-22(31-19)30-9-27/h1-6,19H,8H2,(H6,28,29,30,31,32,33). The van der Waals surface area contributed by atoms with E-state index < -0.39 is 23.5 Å². The van der Waals surface area contributed by atoms with Gasteiger partial charge in [-0.2, -0.15) is 10.5 Å². The number of benzene rings is 2. The Kier molecular flexibility index (Phi) is 5.80. The Balaban J connectivity index is 1.63. The molecular weight excluding hydrogens is 449 g/mol. The first-order valence-electron chi connectivity index (χ1n) is 9.67. The van der Waals surface area contributed by atoms with Crippen molar-refractivity contribution in [1.82, 2.24) is 10.3 Å². The zero-order valence-electron chi connectivity index (χ0n) is 17.2. The van der Waals surface area contributed by atoms with Gasteiger partial charge in [0.2, 0.25) is 5.96 Å². The summed E-state index contributed by atoms with van der Waals surface area (Å²) < 4.78 is 45.2. The van der Waals surface area contributed by atoms with Crippen LogP contribution in [0.1, 0.15) is 28.3 Å². The zero-order chi connectivity index (χ0) is 24.4. The lowest BCUT2D eigenvalue weighted by molar-refractivity contribution is 0.299. The SMILES string of the molecule is N#CNC1=NC(c2ccc(COc3cc(F)c(F)c(F)c3)cc2)c2c(nc(N)c(C#N)c2N)N1. The number of aliphatic imine (C=N–C) groups is 1. The second kappa shape index (κ2) is 8.88. The van der Waals surface area contributed by atoms with E-state index in [9.17, 15) is 18.4 Å². The van der Waals surface area contributed by atoms with Crippen LogP contribution >= 0.6 is 0 Å². The first-order chi connectivity index (χ1) is 16.3. The molecular formula is C22H15F3N8O. The molecule has 0 spiro atoms. The van der Waals surface area contributed by atoms with Gasteiger partial charge >= 0.3 is 0 Å². The zero-order valence-corrected chi connectivity index (χ0v) is 17.2. The molecule has 2 heterocycles. The first-order valence-corrected chi connectivity index (χ1v) is 9.67. The van der Waals surface area contributed by atoms with E-state index in [-0.39, 0.29) is 41.2 Å². The van der Waals surface area contributed by atoms with Crippen LogP contribution in [-0.4, -0.2) is 10.9 Å². The van der Waals surface area contributed by atoms with Crippen molar-refractivity contribution in [3.05, 3.63) is 76.1 Å². The summed E-state index contributed by atoms with van der Waals surface area (Å²) in [5, 5.41) is 23.6. The van der Waals surface area contributed by atoms with E-state index in [1.165, 1.54) is 0 Å². The number of hydrogen-bond acceptors (Lipinski definition) is 9. The summed E-state index contributed by atoms with van der Waals surface area (Å²) in [6.45, 7) is -0.0447. The van der Waals surface area contributed by atoms with Crippen LogP contribution in [0.3, 0.4) is 0 Å². The van der Waals surface area contributed by atoms with E-state index >= 15 is 0 Å². The number of nitrogens with zero attached hydrogens (tertiary/aromatic N) is 4. The van der Waals surface area contributed by atoms with Gasteiger partial charge in [-0.25, -0.2) is 23.1 Å². The first kappa shape index (κ1) is 22.2. The maximum atomic E-state index is 13.4. The van der Waals surface area contributed by atoms with Crippen LogP contribution in [0.15, 0.2) is 41.4 Å². The fourth-order valence-electron chi connectivity index (χ4n) is 3.40. The Morgan fingerprint density at radius 3 is 2.38 bits per heavy atom. The fraction of sp³-hybridized carbons (Fsp3) is 0.0909. The molecule has 9 nitrogen and oxygen atoms in total. The molecule has 0 amide bonds.